The third kappa shape index (κ3) is 5.48. The molecule has 2 unspecified atom stereocenters. The number of benzene rings is 1. The van der Waals surface area contributed by atoms with Crippen molar-refractivity contribution in [3.8, 4) is 0 Å². The van der Waals surface area contributed by atoms with Crippen molar-refractivity contribution in [3.05, 3.63) is 35.6 Å². The Labute approximate surface area is 136 Å². The monoisotopic (exact) mass is 324 g/mol. The molecule has 2 N–H and O–H groups in total. The maximum Gasteiger partial charge on any atom is 0.317 e. The predicted molar refractivity (Wildman–Crippen MR) is 85.5 cm³/mol. The predicted octanol–water partition coefficient (Wildman–Crippen LogP) is 2.32. The Morgan fingerprint density at radius 2 is 2.09 bits per heavy atom. The van der Waals surface area contributed by atoms with E-state index in [9.17, 15) is 14.3 Å². The highest BCUT2D eigenvalue weighted by atomic mass is 19.1. The maximum atomic E-state index is 13.0. The number of aliphatic hydroxyl groups excluding tert-OH is 1. The van der Waals surface area contributed by atoms with Crippen LogP contribution in [0.1, 0.15) is 31.9 Å². The molecule has 0 aromatic heterocycles. The van der Waals surface area contributed by atoms with Crippen LogP contribution < -0.4 is 5.32 Å². The Bertz CT molecular complexity index is 501. The van der Waals surface area contributed by atoms with Crippen LogP contribution in [0.3, 0.4) is 0 Å². The summed E-state index contributed by atoms with van der Waals surface area (Å²) in [5.41, 5.74) is 0.595. The molecule has 0 radical (unpaired) electrons. The number of nitrogens with one attached hydrogen (secondary N) is 1. The van der Waals surface area contributed by atoms with Gasteiger partial charge in [0.2, 0.25) is 0 Å². The number of hydrogen-bond donors (Lipinski definition) is 2. The van der Waals surface area contributed by atoms with Gasteiger partial charge in [0.25, 0.3) is 0 Å². The number of hydrogen-bond acceptors (Lipinski definition) is 3. The summed E-state index contributed by atoms with van der Waals surface area (Å²) in [5.74, 6) is -0.0695. The molecule has 128 valence electrons. The molecule has 6 heteroatoms. The first kappa shape index (κ1) is 17.7. The van der Waals surface area contributed by atoms with Gasteiger partial charge in [-0.2, -0.15) is 0 Å². The van der Waals surface area contributed by atoms with Crippen LogP contribution in [0.2, 0.25) is 0 Å². The average molecular weight is 324 g/mol. The largest absolute Gasteiger partial charge is 0.387 e. The van der Waals surface area contributed by atoms with E-state index in [1.165, 1.54) is 24.3 Å². The van der Waals surface area contributed by atoms with Crippen molar-refractivity contribution in [2.75, 3.05) is 26.3 Å². The van der Waals surface area contributed by atoms with E-state index in [2.05, 4.69) is 5.32 Å². The van der Waals surface area contributed by atoms with E-state index in [0.717, 1.165) is 6.42 Å². The summed E-state index contributed by atoms with van der Waals surface area (Å²) in [5, 5.41) is 13.3. The topological polar surface area (TPSA) is 61.8 Å². The highest BCUT2D eigenvalue weighted by Crippen LogP contribution is 2.16. The number of nitrogens with zero attached hydrogens (tertiary/aromatic N) is 1. The molecule has 5 nitrogen and oxygen atoms in total. The molecule has 1 aliphatic rings. The number of aliphatic hydroxyl groups is 1. The third-order valence-corrected chi connectivity index (χ3v) is 3.78. The summed E-state index contributed by atoms with van der Waals surface area (Å²) in [6.45, 7) is 5.93. The minimum atomic E-state index is -0.847. The zero-order chi connectivity index (χ0) is 16.8. The van der Waals surface area contributed by atoms with Crippen molar-refractivity contribution >= 4 is 6.03 Å². The molecular weight excluding hydrogens is 299 g/mol. The standard InChI is InChI=1S/C17H25FN2O3/c1-12(2)9-20(17(22)19-15-7-8-23-11-15)10-16(21)13-3-5-14(18)6-4-13/h3-6,12,15-16,21H,7-11H2,1-2H3,(H,19,22). The summed E-state index contributed by atoms with van der Waals surface area (Å²) >= 11 is 0. The average Bonchev–Trinajstić information content (AvgIpc) is 2.99. The number of carbonyl (C=O) groups excluding carboxylic acids is 1. The van der Waals surface area contributed by atoms with Crippen LogP contribution in [0.25, 0.3) is 0 Å². The van der Waals surface area contributed by atoms with Gasteiger partial charge in [-0.3, -0.25) is 0 Å². The molecule has 1 aromatic carbocycles. The molecule has 0 saturated carbocycles. The van der Waals surface area contributed by atoms with Gasteiger partial charge in [0.15, 0.2) is 0 Å². The lowest BCUT2D eigenvalue weighted by atomic mass is 10.1. The molecule has 1 fully saturated rings. The molecule has 23 heavy (non-hydrogen) atoms. The fraction of sp³-hybridized carbons (Fsp3) is 0.588. The zero-order valence-electron chi connectivity index (χ0n) is 13.7. The smallest absolute Gasteiger partial charge is 0.317 e. The van der Waals surface area contributed by atoms with E-state index >= 15 is 0 Å². The third-order valence-electron chi connectivity index (χ3n) is 3.78. The summed E-state index contributed by atoms with van der Waals surface area (Å²) in [7, 11) is 0. The van der Waals surface area contributed by atoms with Gasteiger partial charge in [-0.15, -0.1) is 0 Å². The molecule has 1 saturated heterocycles. The van der Waals surface area contributed by atoms with E-state index in [1.807, 2.05) is 13.8 Å². The van der Waals surface area contributed by atoms with Crippen LogP contribution in [0.5, 0.6) is 0 Å². The van der Waals surface area contributed by atoms with Crippen LogP contribution >= 0.6 is 0 Å². The number of halogens is 1. The molecule has 2 rings (SSSR count). The summed E-state index contributed by atoms with van der Waals surface area (Å²) < 4.78 is 18.2. The van der Waals surface area contributed by atoms with Gasteiger partial charge in [0.05, 0.1) is 25.3 Å². The zero-order valence-corrected chi connectivity index (χ0v) is 13.7. The van der Waals surface area contributed by atoms with Gasteiger partial charge in [-0.25, -0.2) is 9.18 Å². The lowest BCUT2D eigenvalue weighted by Gasteiger charge is -2.28. The number of rotatable bonds is 6. The minimum Gasteiger partial charge on any atom is -0.387 e. The SMILES string of the molecule is CC(C)CN(CC(O)c1ccc(F)cc1)C(=O)NC1CCOC1. The Morgan fingerprint density at radius 3 is 2.65 bits per heavy atom. The van der Waals surface area contributed by atoms with Crippen molar-refractivity contribution in [2.24, 2.45) is 5.92 Å². The van der Waals surface area contributed by atoms with E-state index in [0.29, 0.717) is 25.3 Å². The second kappa shape index (κ2) is 8.26. The van der Waals surface area contributed by atoms with E-state index in [4.69, 9.17) is 4.74 Å². The molecule has 2 atom stereocenters. The van der Waals surface area contributed by atoms with E-state index < -0.39 is 6.10 Å². The van der Waals surface area contributed by atoms with Crippen molar-refractivity contribution in [2.45, 2.75) is 32.4 Å². The second-order valence-corrected chi connectivity index (χ2v) is 6.38. The lowest BCUT2D eigenvalue weighted by Crippen LogP contribution is -2.47. The first-order valence-electron chi connectivity index (χ1n) is 8.02. The lowest BCUT2D eigenvalue weighted by molar-refractivity contribution is 0.113. The highest BCUT2D eigenvalue weighted by molar-refractivity contribution is 5.74. The van der Waals surface area contributed by atoms with Gasteiger partial charge in [0, 0.05) is 13.2 Å². The first-order chi connectivity index (χ1) is 11.0. The van der Waals surface area contributed by atoms with Gasteiger partial charge < -0.3 is 20.1 Å². The molecule has 0 bridgehead atoms. The quantitative estimate of drug-likeness (QED) is 0.844. The molecule has 2 amide bonds. The summed E-state index contributed by atoms with van der Waals surface area (Å²) in [6.07, 6.45) is -0.0400. The maximum absolute atomic E-state index is 13.0. The summed E-state index contributed by atoms with van der Waals surface area (Å²) in [4.78, 5) is 14.1. The first-order valence-corrected chi connectivity index (χ1v) is 8.02. The molecular formula is C17H25FN2O3. The van der Waals surface area contributed by atoms with Crippen LogP contribution in [0.15, 0.2) is 24.3 Å². The fourth-order valence-electron chi connectivity index (χ4n) is 2.59. The van der Waals surface area contributed by atoms with Crippen LogP contribution in [0.4, 0.5) is 9.18 Å². The van der Waals surface area contributed by atoms with Gasteiger partial charge in [-0.1, -0.05) is 26.0 Å². The van der Waals surface area contributed by atoms with Gasteiger partial charge in [-0.05, 0) is 30.0 Å². The molecule has 0 spiro atoms. The number of carbonyl (C=O) groups is 1. The molecule has 1 heterocycles. The van der Waals surface area contributed by atoms with E-state index in [1.54, 1.807) is 4.90 Å². The second-order valence-electron chi connectivity index (χ2n) is 6.38. The highest BCUT2D eigenvalue weighted by Gasteiger charge is 2.24. The molecule has 0 aliphatic carbocycles. The van der Waals surface area contributed by atoms with E-state index in [-0.39, 0.29) is 30.4 Å². The fourth-order valence-corrected chi connectivity index (χ4v) is 2.59. The van der Waals surface area contributed by atoms with Gasteiger partial charge >= 0.3 is 6.03 Å². The molecule has 1 aromatic rings. The summed E-state index contributed by atoms with van der Waals surface area (Å²) in [6, 6.07) is 5.52. The van der Waals surface area contributed by atoms with Crippen molar-refractivity contribution in [3.63, 3.8) is 0 Å². The van der Waals surface area contributed by atoms with Crippen LogP contribution in [-0.2, 0) is 4.74 Å². The van der Waals surface area contributed by atoms with Crippen molar-refractivity contribution < 1.29 is 19.0 Å². The Hall–Kier alpha value is -1.66. The Balaban J connectivity index is 1.98. The molecule has 1 aliphatic heterocycles. The van der Waals surface area contributed by atoms with Crippen molar-refractivity contribution in [1.82, 2.24) is 10.2 Å². The number of ether oxygens (including phenoxy) is 1. The van der Waals surface area contributed by atoms with Crippen LogP contribution in [0, 0.1) is 11.7 Å². The van der Waals surface area contributed by atoms with Crippen LogP contribution in [-0.4, -0.2) is 48.4 Å². The number of amides is 2. The normalized spacial score (nSPS) is 18.9. The van der Waals surface area contributed by atoms with Gasteiger partial charge in [0.1, 0.15) is 5.82 Å². The van der Waals surface area contributed by atoms with Crippen molar-refractivity contribution in [1.29, 1.82) is 0 Å². The number of urea groups is 1. The Kier molecular flexibility index (Phi) is 6.36. The minimum absolute atomic E-state index is 0.0279. The Morgan fingerprint density at radius 1 is 1.39 bits per heavy atom.